The van der Waals surface area contributed by atoms with E-state index < -0.39 is 39.5 Å². The highest BCUT2D eigenvalue weighted by Gasteiger charge is 2.28. The van der Waals surface area contributed by atoms with Gasteiger partial charge in [0.2, 0.25) is 15.9 Å². The first-order valence-corrected chi connectivity index (χ1v) is 11.6. The van der Waals surface area contributed by atoms with Crippen molar-refractivity contribution in [1.82, 2.24) is 4.31 Å². The maximum absolute atomic E-state index is 12.9. The molecular weight excluding hydrogens is 420 g/mol. The van der Waals surface area contributed by atoms with Gasteiger partial charge in [0.15, 0.2) is 0 Å². The van der Waals surface area contributed by atoms with E-state index in [0.717, 1.165) is 19.3 Å². The Morgan fingerprint density at radius 2 is 1.83 bits per heavy atom. The first kappa shape index (κ1) is 23.2. The first-order valence-electron chi connectivity index (χ1n) is 9.08. The Labute approximate surface area is 173 Å². The summed E-state index contributed by atoms with van der Waals surface area (Å²) in [6, 6.07) is 4.57. The number of anilines is 1. The molecular formula is C18H24N2O7S2. The van der Waals surface area contributed by atoms with Crippen molar-refractivity contribution in [3.8, 4) is 0 Å². The number of benzene rings is 1. The lowest BCUT2D eigenvalue weighted by Crippen LogP contribution is -2.36. The summed E-state index contributed by atoms with van der Waals surface area (Å²) in [5, 5.41) is 19.1. The fourth-order valence-corrected chi connectivity index (χ4v) is 5.55. The van der Waals surface area contributed by atoms with E-state index in [2.05, 4.69) is 5.32 Å². The van der Waals surface area contributed by atoms with Crippen LogP contribution in [0.4, 0.5) is 5.69 Å². The number of piperidine rings is 1. The minimum atomic E-state index is -3.67. The molecule has 0 bridgehead atoms. The number of carboxylic acid groups (broad SMARTS) is 2. The average molecular weight is 445 g/mol. The Morgan fingerprint density at radius 1 is 1.17 bits per heavy atom. The van der Waals surface area contributed by atoms with E-state index in [-0.39, 0.29) is 16.3 Å². The van der Waals surface area contributed by atoms with Gasteiger partial charge < -0.3 is 15.5 Å². The third-order valence-corrected chi connectivity index (χ3v) is 7.70. The molecule has 1 fully saturated rings. The molecule has 160 valence electrons. The zero-order chi connectivity index (χ0) is 21.6. The van der Waals surface area contributed by atoms with Crippen LogP contribution in [-0.2, 0) is 24.4 Å². The monoisotopic (exact) mass is 444 g/mol. The second-order valence-corrected chi connectivity index (χ2v) is 9.83. The first-order chi connectivity index (χ1) is 13.6. The van der Waals surface area contributed by atoms with Crippen molar-refractivity contribution in [1.29, 1.82) is 0 Å². The summed E-state index contributed by atoms with van der Waals surface area (Å²) in [6.45, 7) is 2.62. The van der Waals surface area contributed by atoms with E-state index in [1.54, 1.807) is 19.1 Å². The minimum Gasteiger partial charge on any atom is -0.481 e. The fourth-order valence-electron chi connectivity index (χ4n) is 2.95. The Kier molecular flexibility index (Phi) is 8.05. The number of aliphatic carboxylic acids is 2. The number of rotatable bonds is 9. The van der Waals surface area contributed by atoms with Gasteiger partial charge in [-0.05, 0) is 37.5 Å². The SMILES string of the molecule is Cc1ccc(NC(=O)CS[C@H](CC(=O)O)C(=O)O)cc1S(=O)(=O)N1CCCCC1. The Bertz CT molecular complexity index is 880. The van der Waals surface area contributed by atoms with Gasteiger partial charge in [0.1, 0.15) is 5.25 Å². The van der Waals surface area contributed by atoms with Crippen LogP contribution in [0.1, 0.15) is 31.2 Å². The molecule has 1 aromatic carbocycles. The number of nitrogens with one attached hydrogen (secondary N) is 1. The number of hydrogen-bond donors (Lipinski definition) is 3. The van der Waals surface area contributed by atoms with Crippen LogP contribution < -0.4 is 5.32 Å². The van der Waals surface area contributed by atoms with Gasteiger partial charge >= 0.3 is 11.9 Å². The molecule has 2 rings (SSSR count). The number of thioether (sulfide) groups is 1. The topological polar surface area (TPSA) is 141 Å². The number of nitrogens with zero attached hydrogens (tertiary/aromatic N) is 1. The quantitative estimate of drug-likeness (QED) is 0.523. The van der Waals surface area contributed by atoms with E-state index in [4.69, 9.17) is 10.2 Å². The Balaban J connectivity index is 2.08. The van der Waals surface area contributed by atoms with Crippen molar-refractivity contribution < 1.29 is 33.0 Å². The molecule has 1 saturated heterocycles. The largest absolute Gasteiger partial charge is 0.481 e. The lowest BCUT2D eigenvalue weighted by molar-refractivity contribution is -0.142. The van der Waals surface area contributed by atoms with Crippen molar-refractivity contribution in [2.45, 2.75) is 42.8 Å². The van der Waals surface area contributed by atoms with Gasteiger partial charge in [-0.2, -0.15) is 4.31 Å². The number of carboxylic acids is 2. The van der Waals surface area contributed by atoms with Crippen LogP contribution in [0.5, 0.6) is 0 Å². The summed E-state index contributed by atoms with van der Waals surface area (Å²) in [5.41, 5.74) is 0.845. The lowest BCUT2D eigenvalue weighted by Gasteiger charge is -2.26. The Morgan fingerprint density at radius 3 is 2.41 bits per heavy atom. The highest BCUT2D eigenvalue weighted by atomic mass is 32.2. The molecule has 0 unspecified atom stereocenters. The zero-order valence-electron chi connectivity index (χ0n) is 16.0. The van der Waals surface area contributed by atoms with Crippen LogP contribution in [0.3, 0.4) is 0 Å². The van der Waals surface area contributed by atoms with Gasteiger partial charge in [-0.25, -0.2) is 8.42 Å². The third-order valence-electron chi connectivity index (χ3n) is 4.46. The van der Waals surface area contributed by atoms with Crippen molar-refractivity contribution in [3.63, 3.8) is 0 Å². The maximum Gasteiger partial charge on any atom is 0.317 e. The minimum absolute atomic E-state index is 0.124. The molecule has 0 saturated carbocycles. The molecule has 1 aliphatic heterocycles. The summed E-state index contributed by atoms with van der Waals surface area (Å²) in [5.74, 6) is -3.39. The molecule has 0 aliphatic carbocycles. The summed E-state index contributed by atoms with van der Waals surface area (Å²) in [4.78, 5) is 34.0. The second-order valence-electron chi connectivity index (χ2n) is 6.73. The fraction of sp³-hybridized carbons (Fsp3) is 0.500. The van der Waals surface area contributed by atoms with Gasteiger partial charge in [-0.3, -0.25) is 14.4 Å². The summed E-state index contributed by atoms with van der Waals surface area (Å²) in [7, 11) is -3.67. The van der Waals surface area contributed by atoms with Crippen molar-refractivity contribution >= 4 is 45.3 Å². The molecule has 1 aliphatic rings. The molecule has 0 radical (unpaired) electrons. The molecule has 11 heteroatoms. The number of carbonyl (C=O) groups excluding carboxylic acids is 1. The van der Waals surface area contributed by atoms with E-state index in [1.807, 2.05) is 0 Å². The zero-order valence-corrected chi connectivity index (χ0v) is 17.6. The van der Waals surface area contributed by atoms with Crippen molar-refractivity contribution in [2.75, 3.05) is 24.2 Å². The standard InChI is InChI=1S/C18H24N2O7S2/c1-12-5-6-13(9-15(12)29(26,27)20-7-3-2-4-8-20)19-16(21)11-28-14(18(24)25)10-17(22)23/h5-6,9,14H,2-4,7-8,10-11H2,1H3,(H,19,21)(H,22,23)(H,24,25)/t14-/m1/s1. The number of aryl methyl sites for hydroxylation is 1. The maximum atomic E-state index is 12.9. The van der Waals surface area contributed by atoms with Crippen molar-refractivity contribution in [2.24, 2.45) is 0 Å². The predicted molar refractivity (Wildman–Crippen MR) is 109 cm³/mol. The Hall–Kier alpha value is -2.11. The molecule has 1 aromatic rings. The number of hydrogen-bond acceptors (Lipinski definition) is 6. The molecule has 1 atom stereocenters. The molecule has 0 spiro atoms. The van der Waals surface area contributed by atoms with Gasteiger partial charge in [-0.15, -0.1) is 11.8 Å². The molecule has 29 heavy (non-hydrogen) atoms. The van der Waals surface area contributed by atoms with Crippen LogP contribution in [0.25, 0.3) is 0 Å². The van der Waals surface area contributed by atoms with E-state index in [0.29, 0.717) is 30.4 Å². The number of amides is 1. The third kappa shape index (κ3) is 6.44. The van der Waals surface area contributed by atoms with Crippen LogP contribution in [0.15, 0.2) is 23.1 Å². The highest BCUT2D eigenvalue weighted by Crippen LogP contribution is 2.26. The second kappa shape index (κ2) is 10.1. The summed E-state index contributed by atoms with van der Waals surface area (Å²) >= 11 is 0.702. The summed E-state index contributed by atoms with van der Waals surface area (Å²) in [6.07, 6.45) is 2.02. The van der Waals surface area contributed by atoms with Crippen LogP contribution in [0.2, 0.25) is 0 Å². The average Bonchev–Trinajstić information content (AvgIpc) is 2.66. The molecule has 3 N–H and O–H groups in total. The van der Waals surface area contributed by atoms with E-state index in [1.165, 1.54) is 10.4 Å². The van der Waals surface area contributed by atoms with Gasteiger partial charge in [0, 0.05) is 18.8 Å². The molecule has 1 heterocycles. The summed E-state index contributed by atoms with van der Waals surface area (Å²) < 4.78 is 27.3. The van der Waals surface area contributed by atoms with Gasteiger partial charge in [0.05, 0.1) is 17.1 Å². The highest BCUT2D eigenvalue weighted by molar-refractivity contribution is 8.01. The van der Waals surface area contributed by atoms with E-state index >= 15 is 0 Å². The molecule has 0 aromatic heterocycles. The van der Waals surface area contributed by atoms with Crippen LogP contribution in [0, 0.1) is 6.92 Å². The van der Waals surface area contributed by atoms with Gasteiger partial charge in [0.25, 0.3) is 0 Å². The normalized spacial score (nSPS) is 16.2. The van der Waals surface area contributed by atoms with Crippen LogP contribution in [-0.4, -0.2) is 64.9 Å². The van der Waals surface area contributed by atoms with Gasteiger partial charge in [-0.1, -0.05) is 12.5 Å². The van der Waals surface area contributed by atoms with Crippen molar-refractivity contribution in [3.05, 3.63) is 23.8 Å². The van der Waals surface area contributed by atoms with Crippen LogP contribution >= 0.6 is 11.8 Å². The molecule has 9 nitrogen and oxygen atoms in total. The number of sulfonamides is 1. The predicted octanol–water partition coefficient (Wildman–Crippen LogP) is 1.77. The van der Waals surface area contributed by atoms with E-state index in [9.17, 15) is 22.8 Å². The smallest absolute Gasteiger partial charge is 0.317 e. The number of carbonyl (C=O) groups is 3. The lowest BCUT2D eigenvalue weighted by atomic mass is 10.2. The molecule has 1 amide bonds.